The average molecular weight is 875 g/mol. The lowest BCUT2D eigenvalue weighted by molar-refractivity contribution is 0.482. The molecule has 0 radical (unpaired) electrons. The summed E-state index contributed by atoms with van der Waals surface area (Å²) in [6.07, 6.45) is 0. The largest absolute Gasteiger partial charge is 0.457 e. The second kappa shape index (κ2) is 17.7. The van der Waals surface area contributed by atoms with E-state index >= 15 is 0 Å². The highest BCUT2D eigenvalue weighted by Gasteiger charge is 2.22. The molecule has 0 aliphatic rings. The van der Waals surface area contributed by atoms with Gasteiger partial charge in [0.25, 0.3) is 0 Å². The highest BCUT2D eigenvalue weighted by atomic mass is 16.5. The molecule has 0 unspecified atom stereocenters. The molecule has 0 aromatic heterocycles. The summed E-state index contributed by atoms with van der Waals surface area (Å²) >= 11 is 0. The Bertz CT molecular complexity index is 3230. The van der Waals surface area contributed by atoms with Crippen LogP contribution in [0.4, 0.5) is 0 Å². The van der Waals surface area contributed by atoms with Gasteiger partial charge >= 0.3 is 0 Å². The van der Waals surface area contributed by atoms with Gasteiger partial charge in [0.1, 0.15) is 46.0 Å². The van der Waals surface area contributed by atoms with Gasteiger partial charge in [-0.25, -0.2) is 0 Å². The van der Waals surface area contributed by atoms with Crippen molar-refractivity contribution in [2.24, 2.45) is 0 Å². The van der Waals surface area contributed by atoms with E-state index in [9.17, 15) is 0 Å². The number of hydrogen-bond donors (Lipinski definition) is 0. The molecule has 0 spiro atoms. The minimum absolute atomic E-state index is 0.763. The van der Waals surface area contributed by atoms with Crippen LogP contribution in [-0.4, -0.2) is 0 Å². The number of ether oxygens (including phenoxy) is 4. The van der Waals surface area contributed by atoms with Gasteiger partial charge in [0.05, 0.1) is 0 Å². The standard InChI is InChI=1S/C64H42O4/c1-5-21-47(22-6-1)65-51-29-13-17-43(37-51)59-41-60(44-18-14-30-52(38-44)66-48-23-7-2-8-24-48)56-35-36-58-62(46-20-16-32-54(40-46)68-50-27-11-4-12-28-50)42-61(57-34-33-55(59)63(56)64(57)58)45-19-15-31-53(39-45)67-49-25-9-3-10-26-49/h1-42H. The third-order valence-corrected chi connectivity index (χ3v) is 12.4. The topological polar surface area (TPSA) is 36.9 Å². The SMILES string of the molecule is c1ccc(Oc2cccc(-c3cc(-c4cccc(Oc5ccccc5)c4)c4ccc5c(-c6cccc(Oc7ccccc7)c6)cc(-c6cccc(Oc7ccccc7)c6)c6ccc3c4c65)c2)cc1. The number of hydrogen-bond acceptors (Lipinski definition) is 4. The summed E-state index contributed by atoms with van der Waals surface area (Å²) in [6, 6.07) is 87.2. The molecule has 0 atom stereocenters. The van der Waals surface area contributed by atoms with Crippen molar-refractivity contribution in [3.63, 3.8) is 0 Å². The molecule has 12 rings (SSSR count). The van der Waals surface area contributed by atoms with Crippen LogP contribution in [0.1, 0.15) is 0 Å². The Hall–Kier alpha value is -9.12. The van der Waals surface area contributed by atoms with Gasteiger partial charge in [0, 0.05) is 0 Å². The molecule has 12 aromatic rings. The van der Waals surface area contributed by atoms with Gasteiger partial charge in [-0.1, -0.05) is 146 Å². The van der Waals surface area contributed by atoms with Crippen molar-refractivity contribution >= 4 is 32.3 Å². The zero-order chi connectivity index (χ0) is 45.2. The molecule has 0 aliphatic heterocycles. The van der Waals surface area contributed by atoms with Crippen molar-refractivity contribution in [2.75, 3.05) is 0 Å². The second-order valence-electron chi connectivity index (χ2n) is 16.8. The molecule has 0 heterocycles. The fourth-order valence-electron chi connectivity index (χ4n) is 9.36. The molecule has 0 N–H and O–H groups in total. The first-order valence-corrected chi connectivity index (χ1v) is 22.8. The molecule has 0 fully saturated rings. The molecular weight excluding hydrogens is 833 g/mol. The van der Waals surface area contributed by atoms with Crippen LogP contribution >= 0.6 is 0 Å². The lowest BCUT2D eigenvalue weighted by Crippen LogP contribution is -1.95. The molecule has 4 nitrogen and oxygen atoms in total. The van der Waals surface area contributed by atoms with Crippen molar-refractivity contribution in [1.29, 1.82) is 0 Å². The van der Waals surface area contributed by atoms with E-state index in [1.165, 1.54) is 10.8 Å². The number of para-hydroxylation sites is 4. The predicted molar refractivity (Wildman–Crippen MR) is 278 cm³/mol. The van der Waals surface area contributed by atoms with Crippen molar-refractivity contribution in [1.82, 2.24) is 0 Å². The summed E-state index contributed by atoms with van der Waals surface area (Å²) in [5.74, 6) is 6.19. The maximum absolute atomic E-state index is 6.44. The Morgan fingerprint density at radius 1 is 0.176 bits per heavy atom. The Balaban J connectivity index is 1.12. The minimum Gasteiger partial charge on any atom is -0.457 e. The maximum Gasteiger partial charge on any atom is 0.128 e. The molecule has 4 heteroatoms. The van der Waals surface area contributed by atoms with E-state index in [0.717, 1.165) is 112 Å². The van der Waals surface area contributed by atoms with Gasteiger partial charge in [-0.15, -0.1) is 0 Å². The molecule has 0 bridgehead atoms. The van der Waals surface area contributed by atoms with Crippen LogP contribution in [0.15, 0.2) is 255 Å². The lowest BCUT2D eigenvalue weighted by atomic mass is 9.82. The van der Waals surface area contributed by atoms with E-state index < -0.39 is 0 Å². The molecule has 0 amide bonds. The first-order chi connectivity index (χ1) is 33.7. The van der Waals surface area contributed by atoms with Crippen LogP contribution in [0.5, 0.6) is 46.0 Å². The van der Waals surface area contributed by atoms with Crippen molar-refractivity contribution in [3.05, 3.63) is 255 Å². The summed E-state index contributed by atoms with van der Waals surface area (Å²) in [6.45, 7) is 0. The molecule has 68 heavy (non-hydrogen) atoms. The maximum atomic E-state index is 6.44. The van der Waals surface area contributed by atoms with Crippen LogP contribution in [0.3, 0.4) is 0 Å². The smallest absolute Gasteiger partial charge is 0.128 e. The third-order valence-electron chi connectivity index (χ3n) is 12.4. The Labute approximate surface area is 394 Å². The Morgan fingerprint density at radius 2 is 0.397 bits per heavy atom. The molecule has 0 saturated heterocycles. The van der Waals surface area contributed by atoms with Crippen molar-refractivity contribution in [3.8, 4) is 90.5 Å². The third kappa shape index (κ3) is 8.01. The highest BCUT2D eigenvalue weighted by Crippen LogP contribution is 2.49. The van der Waals surface area contributed by atoms with Crippen LogP contribution in [0.25, 0.3) is 76.8 Å². The van der Waals surface area contributed by atoms with E-state index in [1.54, 1.807) is 0 Å². The van der Waals surface area contributed by atoms with Crippen LogP contribution in [0.2, 0.25) is 0 Å². The predicted octanol–water partition coefficient (Wildman–Crippen LogP) is 18.4. The fourth-order valence-corrected chi connectivity index (χ4v) is 9.36. The molecule has 322 valence electrons. The van der Waals surface area contributed by atoms with Crippen LogP contribution in [0, 0.1) is 0 Å². The zero-order valence-electron chi connectivity index (χ0n) is 36.9. The van der Waals surface area contributed by atoms with E-state index in [4.69, 9.17) is 18.9 Å². The van der Waals surface area contributed by atoms with Gasteiger partial charge in [-0.05, 0) is 186 Å². The quantitative estimate of drug-likeness (QED) is 0.115. The van der Waals surface area contributed by atoms with E-state index in [-0.39, 0.29) is 0 Å². The molecule has 0 aliphatic carbocycles. The fraction of sp³-hybridized carbons (Fsp3) is 0. The highest BCUT2D eigenvalue weighted by molar-refractivity contribution is 6.32. The van der Waals surface area contributed by atoms with Gasteiger partial charge in [0.2, 0.25) is 0 Å². The Morgan fingerprint density at radius 3 is 0.632 bits per heavy atom. The first kappa shape index (κ1) is 40.4. The summed E-state index contributed by atoms with van der Waals surface area (Å²) in [5, 5.41) is 6.91. The molecule has 12 aromatic carbocycles. The summed E-state index contributed by atoms with van der Waals surface area (Å²) < 4.78 is 25.8. The average Bonchev–Trinajstić information content (AvgIpc) is 3.39. The second-order valence-corrected chi connectivity index (χ2v) is 16.8. The summed E-state index contributed by atoms with van der Waals surface area (Å²) in [4.78, 5) is 0. The van der Waals surface area contributed by atoms with Gasteiger partial charge in [0.15, 0.2) is 0 Å². The van der Waals surface area contributed by atoms with Crippen LogP contribution < -0.4 is 18.9 Å². The zero-order valence-corrected chi connectivity index (χ0v) is 36.9. The van der Waals surface area contributed by atoms with Crippen LogP contribution in [-0.2, 0) is 0 Å². The van der Waals surface area contributed by atoms with Gasteiger partial charge in [-0.2, -0.15) is 0 Å². The van der Waals surface area contributed by atoms with Crippen molar-refractivity contribution < 1.29 is 18.9 Å². The van der Waals surface area contributed by atoms with E-state index in [1.807, 2.05) is 146 Å². The van der Waals surface area contributed by atoms with Gasteiger partial charge in [-0.3, -0.25) is 0 Å². The van der Waals surface area contributed by atoms with Crippen molar-refractivity contribution in [2.45, 2.75) is 0 Å². The van der Waals surface area contributed by atoms with E-state index in [0.29, 0.717) is 0 Å². The number of benzene rings is 12. The lowest BCUT2D eigenvalue weighted by Gasteiger charge is -2.22. The molecular formula is C64H42O4. The Kier molecular flexibility index (Phi) is 10.5. The van der Waals surface area contributed by atoms with E-state index in [2.05, 4.69) is 109 Å². The summed E-state index contributed by atoms with van der Waals surface area (Å²) in [7, 11) is 0. The summed E-state index contributed by atoms with van der Waals surface area (Å²) in [5.41, 5.74) is 8.57. The minimum atomic E-state index is 0.763. The first-order valence-electron chi connectivity index (χ1n) is 22.8. The van der Waals surface area contributed by atoms with Gasteiger partial charge < -0.3 is 18.9 Å². The molecule has 0 saturated carbocycles. The number of rotatable bonds is 12. The normalized spacial score (nSPS) is 11.2. The monoisotopic (exact) mass is 874 g/mol.